The van der Waals surface area contributed by atoms with Gasteiger partial charge in [0.25, 0.3) is 0 Å². The van der Waals surface area contributed by atoms with Crippen molar-refractivity contribution in [3.63, 3.8) is 0 Å². The molecule has 0 unspecified atom stereocenters. The van der Waals surface area contributed by atoms with E-state index in [9.17, 15) is 24.6 Å². The Bertz CT molecular complexity index is 790. The van der Waals surface area contributed by atoms with E-state index in [1.165, 1.54) is 6.92 Å². The molecule has 0 spiro atoms. The summed E-state index contributed by atoms with van der Waals surface area (Å²) < 4.78 is 73.7. The third-order valence-corrected chi connectivity index (χ3v) is 4.69. The molecule has 23 heavy (non-hydrogen) atoms. The molecule has 1 fully saturated rings. The van der Waals surface area contributed by atoms with Crippen LogP contribution in [0.5, 0.6) is 5.75 Å². The van der Waals surface area contributed by atoms with Crippen molar-refractivity contribution in [2.24, 2.45) is 0 Å². The highest BCUT2D eigenvalue weighted by Crippen LogP contribution is 2.29. The second kappa shape index (κ2) is 6.67. The smallest absolute Gasteiger partial charge is 0.358 e. The molecule has 0 radical (unpaired) electrons. The van der Waals surface area contributed by atoms with Gasteiger partial charge in [-0.3, -0.25) is 4.90 Å². The van der Waals surface area contributed by atoms with E-state index in [0.717, 1.165) is 19.2 Å². The van der Waals surface area contributed by atoms with Crippen molar-refractivity contribution < 1.29 is 28.8 Å². The predicted octanol–water partition coefficient (Wildman–Crippen LogP) is 0.652. The number of benzene rings is 1. The SMILES string of the molecule is Cc1c(CN2CCNCC2)cc(S(=O)(=O)F)cc1OS(=O)(=O)F. The summed E-state index contributed by atoms with van der Waals surface area (Å²) in [5.74, 6) is -0.545. The highest BCUT2D eigenvalue weighted by Gasteiger charge is 2.22. The topological polar surface area (TPSA) is 92.8 Å². The minimum atomic E-state index is -5.35. The van der Waals surface area contributed by atoms with E-state index in [1.54, 1.807) is 0 Å². The van der Waals surface area contributed by atoms with Crippen molar-refractivity contribution in [1.29, 1.82) is 0 Å². The third kappa shape index (κ3) is 5.09. The van der Waals surface area contributed by atoms with Crippen LogP contribution in [0.1, 0.15) is 11.1 Å². The Balaban J connectivity index is 2.44. The fourth-order valence-corrected chi connectivity index (χ4v) is 3.24. The Kier molecular flexibility index (Phi) is 5.23. The average molecular weight is 370 g/mol. The first-order valence-corrected chi connectivity index (χ1v) is 9.41. The number of hydrogen-bond donors (Lipinski definition) is 1. The van der Waals surface area contributed by atoms with Gasteiger partial charge in [-0.2, -0.15) is 16.8 Å². The molecule has 1 aliphatic rings. The lowest BCUT2D eigenvalue weighted by atomic mass is 10.1. The first-order chi connectivity index (χ1) is 10.6. The lowest BCUT2D eigenvalue weighted by molar-refractivity contribution is 0.232. The van der Waals surface area contributed by atoms with Crippen molar-refractivity contribution in [3.8, 4) is 5.75 Å². The van der Waals surface area contributed by atoms with Gasteiger partial charge >= 0.3 is 20.7 Å². The van der Waals surface area contributed by atoms with Gasteiger partial charge in [0.2, 0.25) is 0 Å². The molecule has 0 amide bonds. The van der Waals surface area contributed by atoms with Crippen LogP contribution < -0.4 is 9.50 Å². The summed E-state index contributed by atoms with van der Waals surface area (Å²) in [6.07, 6.45) is 0. The van der Waals surface area contributed by atoms with E-state index in [1.807, 2.05) is 4.90 Å². The highest BCUT2D eigenvalue weighted by atomic mass is 32.3. The van der Waals surface area contributed by atoms with E-state index in [-0.39, 0.29) is 12.1 Å². The summed E-state index contributed by atoms with van der Waals surface area (Å²) in [7, 11) is -10.4. The van der Waals surface area contributed by atoms with Gasteiger partial charge < -0.3 is 9.50 Å². The van der Waals surface area contributed by atoms with Gasteiger partial charge in [-0.1, -0.05) is 3.89 Å². The number of nitrogens with zero attached hydrogens (tertiary/aromatic N) is 1. The van der Waals surface area contributed by atoms with Crippen LogP contribution in [0, 0.1) is 6.92 Å². The van der Waals surface area contributed by atoms with Gasteiger partial charge in [0.15, 0.2) is 0 Å². The third-order valence-electron chi connectivity index (χ3n) is 3.52. The Hall–Kier alpha value is -1.30. The Morgan fingerprint density at radius 1 is 1.17 bits per heavy atom. The largest absolute Gasteiger partial charge is 0.488 e. The molecule has 11 heteroatoms. The van der Waals surface area contributed by atoms with Gasteiger partial charge in [-0.15, -0.1) is 3.89 Å². The minimum absolute atomic E-state index is 0.233. The Labute approximate surface area is 133 Å². The van der Waals surface area contributed by atoms with Crippen LogP contribution >= 0.6 is 0 Å². The van der Waals surface area contributed by atoms with Gasteiger partial charge in [-0.25, -0.2) is 0 Å². The van der Waals surface area contributed by atoms with Crippen molar-refractivity contribution in [1.82, 2.24) is 10.2 Å². The van der Waals surface area contributed by atoms with Crippen LogP contribution in [0.3, 0.4) is 0 Å². The number of rotatable bonds is 5. The molecule has 1 N–H and O–H groups in total. The number of piperazine rings is 1. The van der Waals surface area contributed by atoms with E-state index in [0.29, 0.717) is 24.7 Å². The van der Waals surface area contributed by atoms with E-state index in [2.05, 4.69) is 9.50 Å². The monoisotopic (exact) mass is 370 g/mol. The minimum Gasteiger partial charge on any atom is -0.358 e. The maximum Gasteiger partial charge on any atom is 0.488 e. The molecule has 1 aromatic carbocycles. The quantitative estimate of drug-likeness (QED) is 0.761. The maximum atomic E-state index is 13.3. The zero-order valence-electron chi connectivity index (χ0n) is 12.3. The molecule has 0 bridgehead atoms. The lowest BCUT2D eigenvalue weighted by Gasteiger charge is -2.28. The van der Waals surface area contributed by atoms with Crippen molar-refractivity contribution >= 4 is 20.7 Å². The summed E-state index contributed by atoms with van der Waals surface area (Å²) in [6.45, 7) is 4.56. The van der Waals surface area contributed by atoms with Gasteiger partial charge in [0, 0.05) is 38.8 Å². The van der Waals surface area contributed by atoms with Crippen LogP contribution in [0.4, 0.5) is 7.77 Å². The first kappa shape index (κ1) is 18.0. The molecule has 0 atom stereocenters. The molecule has 0 aromatic heterocycles. The summed E-state index contributed by atoms with van der Waals surface area (Å²) in [5, 5.41) is 3.14. The summed E-state index contributed by atoms with van der Waals surface area (Å²) >= 11 is 0. The zero-order chi connectivity index (χ0) is 17.3. The Morgan fingerprint density at radius 3 is 2.30 bits per heavy atom. The zero-order valence-corrected chi connectivity index (χ0v) is 13.9. The molecule has 0 aliphatic carbocycles. The van der Waals surface area contributed by atoms with Crippen LogP contribution in [-0.4, -0.2) is 47.9 Å². The number of nitrogens with one attached hydrogen (secondary N) is 1. The second-order valence-corrected chi connectivity index (χ2v) is 7.45. The molecule has 1 saturated heterocycles. The van der Waals surface area contributed by atoms with Gasteiger partial charge in [0.1, 0.15) is 10.6 Å². The fourth-order valence-electron chi connectivity index (χ4n) is 2.33. The van der Waals surface area contributed by atoms with Gasteiger partial charge in [-0.05, 0) is 24.1 Å². The number of halogens is 2. The molecule has 130 valence electrons. The molecule has 0 saturated carbocycles. The van der Waals surface area contributed by atoms with Crippen LogP contribution in [-0.2, 0) is 27.3 Å². The molecule has 1 aromatic rings. The summed E-state index contributed by atoms with van der Waals surface area (Å²) in [4.78, 5) is 1.20. The molecule has 7 nitrogen and oxygen atoms in total. The van der Waals surface area contributed by atoms with E-state index >= 15 is 0 Å². The summed E-state index contributed by atoms with van der Waals surface area (Å²) in [5.41, 5.74) is 0.585. The van der Waals surface area contributed by atoms with Crippen LogP contribution in [0.25, 0.3) is 0 Å². The molecular formula is C12H16F2N2O5S2. The Morgan fingerprint density at radius 2 is 1.78 bits per heavy atom. The maximum absolute atomic E-state index is 13.3. The van der Waals surface area contributed by atoms with Crippen molar-refractivity contribution in [3.05, 3.63) is 23.3 Å². The fraction of sp³-hybridized carbons (Fsp3) is 0.500. The normalized spacial score (nSPS) is 17.2. The first-order valence-electron chi connectivity index (χ1n) is 6.71. The van der Waals surface area contributed by atoms with Crippen molar-refractivity contribution in [2.75, 3.05) is 26.2 Å². The highest BCUT2D eigenvalue weighted by molar-refractivity contribution is 7.86. The number of hydrogen-bond acceptors (Lipinski definition) is 7. The molecule has 2 rings (SSSR count). The second-order valence-electron chi connectivity index (χ2n) is 5.15. The molecule has 1 aliphatic heterocycles. The lowest BCUT2D eigenvalue weighted by Crippen LogP contribution is -2.43. The van der Waals surface area contributed by atoms with Crippen LogP contribution in [0.2, 0.25) is 0 Å². The average Bonchev–Trinajstić information content (AvgIpc) is 2.41. The van der Waals surface area contributed by atoms with Crippen molar-refractivity contribution in [2.45, 2.75) is 18.4 Å². The standard InChI is InChI=1S/C12H16F2N2O5S2/c1-9-10(8-16-4-2-15-3-5-16)6-11(22(13,17)18)7-12(9)21-23(14,19)20/h6-7,15H,2-5,8H2,1H3. The summed E-state index contributed by atoms with van der Waals surface area (Å²) in [6, 6.07) is 1.76. The predicted molar refractivity (Wildman–Crippen MR) is 78.3 cm³/mol. The molecule has 1 heterocycles. The van der Waals surface area contributed by atoms with Gasteiger partial charge in [0.05, 0.1) is 0 Å². The van der Waals surface area contributed by atoms with E-state index in [4.69, 9.17) is 0 Å². The molecular weight excluding hydrogens is 354 g/mol. The van der Waals surface area contributed by atoms with E-state index < -0.39 is 31.4 Å². The van der Waals surface area contributed by atoms with Crippen LogP contribution in [0.15, 0.2) is 17.0 Å².